The van der Waals surface area contributed by atoms with Crippen molar-refractivity contribution in [3.63, 3.8) is 0 Å². The van der Waals surface area contributed by atoms with Gasteiger partial charge in [0.15, 0.2) is 0 Å². The molecule has 2 amide bonds. The standard InChI is InChI=1S/C25H26N2O4/c1-16-6-4-5-7-20(16)22-15-24(29)31-23-14-18(8-9-21(22)23)25(30)27-12-10-19(11-13-27)26(3)17(2)28/h4-9,14-15,19H,10-13H2,1-3H3. The number of fused-ring (bicyclic) bond motifs is 1. The van der Waals surface area contributed by atoms with Gasteiger partial charge in [0.2, 0.25) is 5.91 Å². The van der Waals surface area contributed by atoms with Gasteiger partial charge in [-0.05, 0) is 49.1 Å². The summed E-state index contributed by atoms with van der Waals surface area (Å²) in [6.07, 6.45) is 1.50. The first-order valence-corrected chi connectivity index (χ1v) is 10.5. The Morgan fingerprint density at radius 1 is 1.03 bits per heavy atom. The van der Waals surface area contributed by atoms with Crippen molar-refractivity contribution in [3.8, 4) is 11.1 Å². The van der Waals surface area contributed by atoms with E-state index in [1.807, 2.05) is 44.3 Å². The Labute approximate surface area is 181 Å². The van der Waals surface area contributed by atoms with Crippen molar-refractivity contribution in [2.24, 2.45) is 0 Å². The van der Waals surface area contributed by atoms with E-state index in [2.05, 4.69) is 0 Å². The molecule has 4 rings (SSSR count). The van der Waals surface area contributed by atoms with Crippen molar-refractivity contribution in [1.29, 1.82) is 0 Å². The highest BCUT2D eigenvalue weighted by molar-refractivity contribution is 6.01. The first kappa shape index (κ1) is 20.8. The zero-order valence-electron chi connectivity index (χ0n) is 18.1. The molecule has 6 heteroatoms. The number of carbonyl (C=O) groups is 2. The molecule has 0 N–H and O–H groups in total. The van der Waals surface area contributed by atoms with Crippen LogP contribution in [0, 0.1) is 6.92 Å². The van der Waals surface area contributed by atoms with E-state index in [1.54, 1.807) is 28.9 Å². The molecule has 2 aromatic carbocycles. The molecule has 1 fully saturated rings. The van der Waals surface area contributed by atoms with Crippen LogP contribution in [0.15, 0.2) is 57.7 Å². The molecular formula is C25H26N2O4. The van der Waals surface area contributed by atoms with Crippen LogP contribution in [-0.2, 0) is 4.79 Å². The fourth-order valence-corrected chi connectivity index (χ4v) is 4.29. The smallest absolute Gasteiger partial charge is 0.336 e. The van der Waals surface area contributed by atoms with Gasteiger partial charge in [0.25, 0.3) is 5.91 Å². The highest BCUT2D eigenvalue weighted by Crippen LogP contribution is 2.30. The number of hydrogen-bond acceptors (Lipinski definition) is 4. The number of likely N-dealkylation sites (tertiary alicyclic amines) is 1. The molecular weight excluding hydrogens is 392 g/mol. The Morgan fingerprint density at radius 2 is 1.74 bits per heavy atom. The van der Waals surface area contributed by atoms with E-state index < -0.39 is 5.63 Å². The van der Waals surface area contributed by atoms with Gasteiger partial charge in [0.1, 0.15) is 5.58 Å². The van der Waals surface area contributed by atoms with Gasteiger partial charge >= 0.3 is 5.63 Å². The summed E-state index contributed by atoms with van der Waals surface area (Å²) in [5, 5.41) is 0.798. The van der Waals surface area contributed by atoms with Crippen molar-refractivity contribution in [2.45, 2.75) is 32.7 Å². The molecule has 1 aromatic heterocycles. The number of benzene rings is 2. The Balaban J connectivity index is 1.62. The molecule has 0 radical (unpaired) electrons. The van der Waals surface area contributed by atoms with Crippen LogP contribution in [-0.4, -0.2) is 47.8 Å². The Hall–Kier alpha value is -3.41. The molecule has 0 saturated carbocycles. The van der Waals surface area contributed by atoms with Crippen molar-refractivity contribution in [2.75, 3.05) is 20.1 Å². The molecule has 160 valence electrons. The summed E-state index contributed by atoms with van der Waals surface area (Å²) in [7, 11) is 1.81. The quantitative estimate of drug-likeness (QED) is 0.606. The second-order valence-electron chi connectivity index (χ2n) is 8.16. The fourth-order valence-electron chi connectivity index (χ4n) is 4.29. The highest BCUT2D eigenvalue weighted by atomic mass is 16.4. The number of amides is 2. The maximum Gasteiger partial charge on any atom is 0.336 e. The lowest BCUT2D eigenvalue weighted by Gasteiger charge is -2.36. The van der Waals surface area contributed by atoms with Gasteiger partial charge in [-0.3, -0.25) is 9.59 Å². The predicted octanol–water partition coefficient (Wildman–Crippen LogP) is 3.85. The van der Waals surface area contributed by atoms with Crippen LogP contribution >= 0.6 is 0 Å². The summed E-state index contributed by atoms with van der Waals surface area (Å²) >= 11 is 0. The topological polar surface area (TPSA) is 70.8 Å². The third-order valence-corrected chi connectivity index (χ3v) is 6.22. The molecule has 3 aromatic rings. The summed E-state index contributed by atoms with van der Waals surface area (Å²) in [4.78, 5) is 40.4. The van der Waals surface area contributed by atoms with Crippen LogP contribution in [0.25, 0.3) is 22.1 Å². The van der Waals surface area contributed by atoms with Crippen LogP contribution < -0.4 is 5.63 Å². The Bertz CT molecular complexity index is 1210. The van der Waals surface area contributed by atoms with E-state index in [-0.39, 0.29) is 17.9 Å². The van der Waals surface area contributed by atoms with Gasteiger partial charge in [-0.25, -0.2) is 4.79 Å². The summed E-state index contributed by atoms with van der Waals surface area (Å²) in [6, 6.07) is 14.8. The first-order chi connectivity index (χ1) is 14.8. The van der Waals surface area contributed by atoms with E-state index in [0.29, 0.717) is 24.2 Å². The Kier molecular flexibility index (Phi) is 5.63. The largest absolute Gasteiger partial charge is 0.423 e. The molecule has 0 atom stereocenters. The highest BCUT2D eigenvalue weighted by Gasteiger charge is 2.27. The number of aryl methyl sites for hydroxylation is 1. The summed E-state index contributed by atoms with van der Waals surface area (Å²) < 4.78 is 5.45. The average Bonchev–Trinajstić information content (AvgIpc) is 2.77. The van der Waals surface area contributed by atoms with Crippen molar-refractivity contribution < 1.29 is 14.0 Å². The molecule has 0 spiro atoms. The van der Waals surface area contributed by atoms with Gasteiger partial charge in [-0.2, -0.15) is 0 Å². The fraction of sp³-hybridized carbons (Fsp3) is 0.320. The lowest BCUT2D eigenvalue weighted by molar-refractivity contribution is -0.130. The zero-order chi connectivity index (χ0) is 22.1. The molecule has 0 unspecified atom stereocenters. The van der Waals surface area contributed by atoms with Crippen molar-refractivity contribution in [3.05, 3.63) is 70.1 Å². The minimum absolute atomic E-state index is 0.0405. The molecule has 0 aliphatic carbocycles. The van der Waals surface area contributed by atoms with E-state index in [4.69, 9.17) is 4.42 Å². The maximum absolute atomic E-state index is 13.1. The van der Waals surface area contributed by atoms with Gasteiger partial charge in [0, 0.05) is 55.7 Å². The lowest BCUT2D eigenvalue weighted by Crippen LogP contribution is -2.46. The summed E-state index contributed by atoms with van der Waals surface area (Å²) in [5.74, 6) is -0.0476. The minimum atomic E-state index is -0.441. The summed E-state index contributed by atoms with van der Waals surface area (Å²) in [5.41, 5.74) is 3.29. The monoisotopic (exact) mass is 418 g/mol. The van der Waals surface area contributed by atoms with E-state index >= 15 is 0 Å². The number of hydrogen-bond donors (Lipinski definition) is 0. The van der Waals surface area contributed by atoms with Crippen LogP contribution in [0.1, 0.15) is 35.7 Å². The van der Waals surface area contributed by atoms with Crippen LogP contribution in [0.3, 0.4) is 0 Å². The maximum atomic E-state index is 13.1. The number of carbonyl (C=O) groups excluding carboxylic acids is 2. The van der Waals surface area contributed by atoms with Crippen molar-refractivity contribution in [1.82, 2.24) is 9.80 Å². The first-order valence-electron chi connectivity index (χ1n) is 10.5. The third-order valence-electron chi connectivity index (χ3n) is 6.22. The molecule has 6 nitrogen and oxygen atoms in total. The number of rotatable bonds is 3. The normalized spacial score (nSPS) is 14.6. The van der Waals surface area contributed by atoms with Gasteiger partial charge in [-0.15, -0.1) is 0 Å². The Morgan fingerprint density at radius 3 is 2.42 bits per heavy atom. The van der Waals surface area contributed by atoms with Crippen LogP contribution in [0.5, 0.6) is 0 Å². The SMILES string of the molecule is CC(=O)N(C)C1CCN(C(=O)c2ccc3c(-c4ccccc4C)cc(=O)oc3c2)CC1. The second-order valence-corrected chi connectivity index (χ2v) is 8.16. The second kappa shape index (κ2) is 8.38. The predicted molar refractivity (Wildman–Crippen MR) is 120 cm³/mol. The molecule has 1 aliphatic rings. The average molecular weight is 418 g/mol. The minimum Gasteiger partial charge on any atom is -0.423 e. The molecule has 0 bridgehead atoms. The van der Waals surface area contributed by atoms with E-state index in [0.717, 1.165) is 34.9 Å². The summed E-state index contributed by atoms with van der Waals surface area (Å²) in [6.45, 7) is 4.74. The van der Waals surface area contributed by atoms with E-state index in [9.17, 15) is 14.4 Å². The molecule has 1 aliphatic heterocycles. The zero-order valence-corrected chi connectivity index (χ0v) is 18.1. The van der Waals surface area contributed by atoms with Gasteiger partial charge < -0.3 is 14.2 Å². The van der Waals surface area contributed by atoms with Crippen LogP contribution in [0.2, 0.25) is 0 Å². The van der Waals surface area contributed by atoms with Gasteiger partial charge in [-0.1, -0.05) is 24.3 Å². The van der Waals surface area contributed by atoms with Crippen LogP contribution in [0.4, 0.5) is 0 Å². The molecule has 2 heterocycles. The van der Waals surface area contributed by atoms with Crippen molar-refractivity contribution >= 4 is 22.8 Å². The van der Waals surface area contributed by atoms with Gasteiger partial charge in [0.05, 0.1) is 0 Å². The molecule has 1 saturated heterocycles. The lowest BCUT2D eigenvalue weighted by atomic mass is 9.97. The van der Waals surface area contributed by atoms with E-state index in [1.165, 1.54) is 6.07 Å². The number of nitrogens with zero attached hydrogens (tertiary/aromatic N) is 2. The third kappa shape index (κ3) is 4.10. The number of piperidine rings is 1. The molecule has 31 heavy (non-hydrogen) atoms.